The molecule has 52 heavy (non-hydrogen) atoms. The molecule has 1 aromatic heterocycles. The molecule has 1 aromatic rings. The fourth-order valence-electron chi connectivity index (χ4n) is 14.6. The molecular formula is C41H56N2O9. The number of carbonyl (C=O) groups excluding carboxylic acids is 3. The van der Waals surface area contributed by atoms with Crippen LogP contribution in [0.25, 0.3) is 0 Å². The maximum atomic E-state index is 14.9. The molecule has 284 valence electrons. The molecule has 4 saturated carbocycles. The largest absolute Gasteiger partial charge is 0.469 e. The van der Waals surface area contributed by atoms with Crippen molar-refractivity contribution in [2.75, 3.05) is 19.8 Å². The summed E-state index contributed by atoms with van der Waals surface area (Å²) in [5.41, 5.74) is -4.77. The van der Waals surface area contributed by atoms with Gasteiger partial charge in [-0.2, -0.15) is 0 Å². The van der Waals surface area contributed by atoms with Crippen LogP contribution >= 0.6 is 0 Å². The van der Waals surface area contributed by atoms with E-state index in [1.54, 1.807) is 6.26 Å². The lowest BCUT2D eigenvalue weighted by atomic mass is 9.35. The van der Waals surface area contributed by atoms with Gasteiger partial charge in [0.25, 0.3) is 0 Å². The Morgan fingerprint density at radius 1 is 0.942 bits per heavy atom. The van der Waals surface area contributed by atoms with E-state index in [-0.39, 0.29) is 24.3 Å². The smallest absolute Gasteiger partial charge is 0.339 e. The summed E-state index contributed by atoms with van der Waals surface area (Å²) in [7, 11) is 0. The number of aryl methyl sites for hydroxylation is 1. The zero-order valence-electron chi connectivity index (χ0n) is 31.2. The summed E-state index contributed by atoms with van der Waals surface area (Å²) in [5.74, 6) is 0.274. The van der Waals surface area contributed by atoms with E-state index in [0.717, 1.165) is 56.1 Å². The van der Waals surface area contributed by atoms with Gasteiger partial charge in [-0.25, -0.2) is 4.79 Å². The SMILES string of the molecule is CC1(C)O[C@H]2C3(CCCC3)C(=O)OC[C@@]23[C@@H]1C(=O)[C@@H](O)[C@]1(C)[C@@H]3CC[C@@]2(C)[C@H](c3ccoc3CCC3CCC([C@@H]4CNCN4)CC3)OC(=O)[C@H]3O[C@@]312. The molecule has 3 spiro atoms. The molecule has 6 heterocycles. The molecule has 0 unspecified atom stereocenters. The van der Waals surface area contributed by atoms with Crippen molar-refractivity contribution in [2.45, 2.75) is 146 Å². The van der Waals surface area contributed by atoms with Crippen LogP contribution < -0.4 is 10.6 Å². The predicted molar refractivity (Wildman–Crippen MR) is 185 cm³/mol. The van der Waals surface area contributed by atoms with Gasteiger partial charge in [0.1, 0.15) is 30.2 Å². The molecule has 5 aliphatic heterocycles. The lowest BCUT2D eigenvalue weighted by Gasteiger charge is -2.67. The number of ether oxygens (including phenoxy) is 4. The van der Waals surface area contributed by atoms with E-state index in [4.69, 9.17) is 23.4 Å². The minimum atomic E-state index is -1.39. The fraction of sp³-hybridized carbons (Fsp3) is 0.829. The Morgan fingerprint density at radius 2 is 1.71 bits per heavy atom. The van der Waals surface area contributed by atoms with Crippen LogP contribution in [0.2, 0.25) is 0 Å². The molecule has 11 heteroatoms. The highest BCUT2D eigenvalue weighted by Gasteiger charge is 2.91. The van der Waals surface area contributed by atoms with Gasteiger partial charge in [-0.05, 0) is 82.6 Å². The number of Topliss-reactive ketones (excluding diaryl/α,β-unsaturated/α-hetero) is 1. The number of aliphatic hydroxyl groups is 1. The Kier molecular flexibility index (Phi) is 7.33. The second kappa shape index (κ2) is 11.1. The number of fused-ring (bicyclic) bond motifs is 2. The Balaban J connectivity index is 0.983. The highest BCUT2D eigenvalue weighted by atomic mass is 16.7. The number of hydrogen-bond donors (Lipinski definition) is 3. The monoisotopic (exact) mass is 720 g/mol. The Hall–Kier alpha value is -2.31. The number of nitrogens with one attached hydrogen (secondary N) is 2. The molecule has 0 aromatic carbocycles. The molecular weight excluding hydrogens is 664 g/mol. The molecule has 9 fully saturated rings. The first kappa shape index (κ1) is 34.2. The van der Waals surface area contributed by atoms with E-state index < -0.39 is 69.2 Å². The standard InChI is InChI=1S/C41H56N2O9/c1-36(2)29-28(44)30(45)38(4)27(40(29)20-49-35(47)39(34(40)52-36)15-5-6-16-39)13-17-37(3)31(50-33(46)32-41(37,38)51-32)24-14-18-48-26(24)12-9-22-7-10-23(11-8-22)25-19-42-21-43-25/h14,18,22-23,25,27,29-32,34,42-43,45H,5-13,15-17,19-21H2,1-4H3/t22?,23?,25-,27-,29+,30+,31-,32+,34-,37-,38-,40+,41+/m0/s1. The number of esters is 2. The summed E-state index contributed by atoms with van der Waals surface area (Å²) in [6.45, 7) is 10.0. The van der Waals surface area contributed by atoms with Crippen molar-refractivity contribution in [1.82, 2.24) is 10.6 Å². The molecule has 9 aliphatic rings. The molecule has 0 radical (unpaired) electrons. The number of rotatable bonds is 5. The van der Waals surface area contributed by atoms with Crippen molar-refractivity contribution < 1.29 is 42.9 Å². The minimum Gasteiger partial charge on any atom is -0.469 e. The van der Waals surface area contributed by atoms with Gasteiger partial charge < -0.3 is 39.1 Å². The Labute approximate surface area is 306 Å². The van der Waals surface area contributed by atoms with Crippen molar-refractivity contribution in [3.63, 3.8) is 0 Å². The summed E-state index contributed by atoms with van der Waals surface area (Å²) in [6.07, 6.45) is 9.33. The lowest BCUT2D eigenvalue weighted by Crippen LogP contribution is -2.77. The molecule has 10 rings (SSSR count). The number of epoxide rings is 1. The molecule has 11 nitrogen and oxygen atoms in total. The average molecular weight is 721 g/mol. The van der Waals surface area contributed by atoms with Gasteiger partial charge in [-0.1, -0.05) is 39.5 Å². The Bertz CT molecular complexity index is 1670. The third-order valence-corrected chi connectivity index (χ3v) is 16.9. The molecule has 5 saturated heterocycles. The van der Waals surface area contributed by atoms with Crippen molar-refractivity contribution in [1.29, 1.82) is 0 Å². The van der Waals surface area contributed by atoms with E-state index >= 15 is 0 Å². The second-order valence-electron chi connectivity index (χ2n) is 19.3. The summed E-state index contributed by atoms with van der Waals surface area (Å²) in [5, 5.41) is 19.5. The summed E-state index contributed by atoms with van der Waals surface area (Å²) >= 11 is 0. The van der Waals surface area contributed by atoms with E-state index in [1.807, 2.05) is 26.8 Å². The van der Waals surface area contributed by atoms with Crippen molar-refractivity contribution in [3.05, 3.63) is 23.7 Å². The van der Waals surface area contributed by atoms with Crippen molar-refractivity contribution in [3.8, 4) is 0 Å². The quantitative estimate of drug-likeness (QED) is 0.291. The zero-order valence-corrected chi connectivity index (χ0v) is 31.2. The maximum Gasteiger partial charge on any atom is 0.339 e. The maximum absolute atomic E-state index is 14.9. The molecule has 11 atom stereocenters. The van der Waals surface area contributed by atoms with Crippen LogP contribution in [0.3, 0.4) is 0 Å². The van der Waals surface area contributed by atoms with Gasteiger partial charge >= 0.3 is 11.9 Å². The van der Waals surface area contributed by atoms with E-state index in [1.165, 1.54) is 25.7 Å². The number of carbonyl (C=O) groups is 3. The lowest BCUT2D eigenvalue weighted by molar-refractivity contribution is -0.264. The molecule has 0 amide bonds. The van der Waals surface area contributed by atoms with Crippen LogP contribution in [-0.4, -0.2) is 78.2 Å². The van der Waals surface area contributed by atoms with E-state index in [2.05, 4.69) is 17.6 Å². The van der Waals surface area contributed by atoms with Crippen LogP contribution in [0.4, 0.5) is 0 Å². The first-order chi connectivity index (χ1) is 24.8. The van der Waals surface area contributed by atoms with E-state index in [9.17, 15) is 19.5 Å². The van der Waals surface area contributed by atoms with Gasteiger partial charge in [0.2, 0.25) is 0 Å². The topological polar surface area (TPSA) is 149 Å². The first-order valence-corrected chi connectivity index (χ1v) is 20.3. The minimum absolute atomic E-state index is 0.0677. The zero-order chi connectivity index (χ0) is 36.1. The third-order valence-electron chi connectivity index (χ3n) is 16.9. The van der Waals surface area contributed by atoms with Crippen LogP contribution in [0.15, 0.2) is 16.7 Å². The molecule has 0 bridgehead atoms. The normalized spacial score (nSPS) is 49.7. The van der Waals surface area contributed by atoms with Crippen LogP contribution in [0, 0.1) is 45.3 Å². The summed E-state index contributed by atoms with van der Waals surface area (Å²) in [6, 6.07) is 2.53. The molecule has 3 N–H and O–H groups in total. The van der Waals surface area contributed by atoms with Gasteiger partial charge in [0, 0.05) is 47.5 Å². The van der Waals surface area contributed by atoms with Crippen molar-refractivity contribution in [2.24, 2.45) is 45.3 Å². The van der Waals surface area contributed by atoms with Gasteiger partial charge in [-0.15, -0.1) is 0 Å². The van der Waals surface area contributed by atoms with Gasteiger partial charge in [0.05, 0.1) is 29.3 Å². The highest BCUT2D eigenvalue weighted by molar-refractivity contribution is 5.92. The third kappa shape index (κ3) is 4.03. The van der Waals surface area contributed by atoms with Crippen molar-refractivity contribution >= 4 is 17.7 Å². The predicted octanol–water partition coefficient (Wildman–Crippen LogP) is 4.54. The first-order valence-electron chi connectivity index (χ1n) is 20.3. The average Bonchev–Trinajstić information content (AvgIpc) is 3.60. The van der Waals surface area contributed by atoms with E-state index in [0.29, 0.717) is 37.6 Å². The summed E-state index contributed by atoms with van der Waals surface area (Å²) in [4.78, 5) is 42.6. The molecule has 4 aliphatic carbocycles. The van der Waals surface area contributed by atoms with Crippen LogP contribution in [0.5, 0.6) is 0 Å². The fourth-order valence-corrected chi connectivity index (χ4v) is 14.6. The van der Waals surface area contributed by atoms with Crippen LogP contribution in [0.1, 0.15) is 116 Å². The second-order valence-corrected chi connectivity index (χ2v) is 19.3. The van der Waals surface area contributed by atoms with Gasteiger partial charge in [-0.3, -0.25) is 9.59 Å². The number of hydrogen-bond acceptors (Lipinski definition) is 11. The number of aliphatic hydroxyl groups excluding tert-OH is 1. The number of furan rings is 1. The summed E-state index contributed by atoms with van der Waals surface area (Å²) < 4.78 is 32.4. The number of ketones is 1. The number of cyclic esters (lactones) is 2. The van der Waals surface area contributed by atoms with Gasteiger partial charge in [0.15, 0.2) is 11.9 Å². The Morgan fingerprint density at radius 3 is 2.44 bits per heavy atom. The highest BCUT2D eigenvalue weighted by Crippen LogP contribution is 2.81. The van der Waals surface area contributed by atoms with Crippen LogP contribution in [-0.2, 0) is 39.8 Å².